The Morgan fingerprint density at radius 1 is 1.37 bits per heavy atom. The molecular formula is C19H22Cl2N4OS. The van der Waals surface area contributed by atoms with Crippen LogP contribution in [0.1, 0.15) is 28.2 Å². The third-order valence-electron chi connectivity index (χ3n) is 4.90. The molecule has 1 saturated heterocycles. The molecule has 1 fully saturated rings. The zero-order valence-corrected chi connectivity index (χ0v) is 17.6. The van der Waals surface area contributed by atoms with Crippen molar-refractivity contribution in [3.05, 3.63) is 45.9 Å². The average molecular weight is 425 g/mol. The first-order valence-corrected chi connectivity index (χ1v) is 9.98. The number of halogens is 2. The number of aryl methyl sites for hydroxylation is 1. The summed E-state index contributed by atoms with van der Waals surface area (Å²) in [6, 6.07) is 9.87. The molecular weight excluding hydrogens is 403 g/mol. The largest absolute Gasteiger partial charge is 0.334 e. The summed E-state index contributed by atoms with van der Waals surface area (Å²) in [6.07, 6.45) is 2.13. The predicted molar refractivity (Wildman–Crippen MR) is 114 cm³/mol. The van der Waals surface area contributed by atoms with Crippen molar-refractivity contribution in [2.75, 3.05) is 20.1 Å². The summed E-state index contributed by atoms with van der Waals surface area (Å²) in [6.45, 7) is 3.66. The number of thiophene rings is 1. The van der Waals surface area contributed by atoms with Crippen molar-refractivity contribution >= 4 is 51.5 Å². The van der Waals surface area contributed by atoms with Crippen molar-refractivity contribution in [1.82, 2.24) is 20.0 Å². The van der Waals surface area contributed by atoms with Gasteiger partial charge in [0.15, 0.2) is 0 Å². The highest BCUT2D eigenvalue weighted by Crippen LogP contribution is 2.32. The average Bonchev–Trinajstić information content (AvgIpc) is 3.33. The molecule has 144 valence electrons. The second-order valence-electron chi connectivity index (χ2n) is 6.66. The molecule has 3 heterocycles. The van der Waals surface area contributed by atoms with Gasteiger partial charge in [-0.25, -0.2) is 4.68 Å². The number of carbonyl (C=O) groups excluding carboxylic acids is 1. The Labute approximate surface area is 173 Å². The molecule has 5 nitrogen and oxygen atoms in total. The van der Waals surface area contributed by atoms with Gasteiger partial charge in [-0.2, -0.15) is 5.10 Å². The standard InChI is InChI=1S/C19H21ClN4OS.ClH/c1-12-16-10-17(18(25)23-9-3-4-15(23)11-21-2)26-19(16)24(22-12)14-7-5-13(20)6-8-14;/h5-8,10,15,21H,3-4,9,11H2,1-2H3;1H. The summed E-state index contributed by atoms with van der Waals surface area (Å²) in [5.41, 5.74) is 1.88. The minimum atomic E-state index is 0. The van der Waals surface area contributed by atoms with Gasteiger partial charge >= 0.3 is 0 Å². The lowest BCUT2D eigenvalue weighted by molar-refractivity contribution is 0.0742. The number of likely N-dealkylation sites (tertiary alicyclic amines) is 1. The van der Waals surface area contributed by atoms with Crippen molar-refractivity contribution in [2.24, 2.45) is 0 Å². The number of likely N-dealkylation sites (N-methyl/N-ethyl adjacent to an activating group) is 1. The normalized spacial score (nSPS) is 16.7. The maximum absolute atomic E-state index is 13.1. The van der Waals surface area contributed by atoms with Crippen LogP contribution in [-0.4, -0.2) is 46.8 Å². The zero-order valence-electron chi connectivity index (χ0n) is 15.2. The Hall–Kier alpha value is -1.60. The van der Waals surface area contributed by atoms with Gasteiger partial charge in [-0.15, -0.1) is 23.7 Å². The summed E-state index contributed by atoms with van der Waals surface area (Å²) in [5, 5.41) is 9.57. The molecule has 1 aromatic carbocycles. The van der Waals surface area contributed by atoms with Gasteiger partial charge in [0.2, 0.25) is 0 Å². The van der Waals surface area contributed by atoms with Gasteiger partial charge in [-0.1, -0.05) is 11.6 Å². The first kappa shape index (κ1) is 20.1. The number of hydrogen-bond acceptors (Lipinski definition) is 4. The fraction of sp³-hybridized carbons (Fsp3) is 0.368. The summed E-state index contributed by atoms with van der Waals surface area (Å²) in [5.74, 6) is 0.131. The van der Waals surface area contributed by atoms with Crippen LogP contribution >= 0.6 is 35.3 Å². The summed E-state index contributed by atoms with van der Waals surface area (Å²) >= 11 is 7.51. The number of benzene rings is 1. The summed E-state index contributed by atoms with van der Waals surface area (Å²) in [7, 11) is 1.93. The molecule has 0 saturated carbocycles. The number of nitrogens with zero attached hydrogens (tertiary/aromatic N) is 3. The fourth-order valence-electron chi connectivity index (χ4n) is 3.60. The molecule has 27 heavy (non-hydrogen) atoms. The Morgan fingerprint density at radius 2 is 2.11 bits per heavy atom. The van der Waals surface area contributed by atoms with Gasteiger partial charge in [-0.05, 0) is 57.1 Å². The van der Waals surface area contributed by atoms with Crippen LogP contribution in [0.3, 0.4) is 0 Å². The molecule has 3 aromatic rings. The molecule has 0 aliphatic carbocycles. The van der Waals surface area contributed by atoms with E-state index in [0.717, 1.165) is 52.4 Å². The maximum Gasteiger partial charge on any atom is 0.264 e. The van der Waals surface area contributed by atoms with Gasteiger partial charge in [0.05, 0.1) is 16.3 Å². The van der Waals surface area contributed by atoms with E-state index >= 15 is 0 Å². The van der Waals surface area contributed by atoms with E-state index in [4.69, 9.17) is 11.6 Å². The lowest BCUT2D eigenvalue weighted by Gasteiger charge is -2.23. The minimum Gasteiger partial charge on any atom is -0.334 e. The predicted octanol–water partition coefficient (Wildman–Crippen LogP) is 4.29. The van der Waals surface area contributed by atoms with Crippen molar-refractivity contribution < 1.29 is 4.79 Å². The number of hydrogen-bond donors (Lipinski definition) is 1. The minimum absolute atomic E-state index is 0. The third-order valence-corrected chi connectivity index (χ3v) is 6.25. The van der Waals surface area contributed by atoms with E-state index in [2.05, 4.69) is 10.4 Å². The lowest BCUT2D eigenvalue weighted by atomic mass is 10.2. The second-order valence-corrected chi connectivity index (χ2v) is 8.12. The molecule has 1 aliphatic heterocycles. The monoisotopic (exact) mass is 424 g/mol. The number of fused-ring (bicyclic) bond motifs is 1. The molecule has 1 unspecified atom stereocenters. The smallest absolute Gasteiger partial charge is 0.264 e. The first-order chi connectivity index (χ1) is 12.6. The molecule has 1 amide bonds. The van der Waals surface area contributed by atoms with Crippen molar-refractivity contribution in [3.8, 4) is 5.69 Å². The summed E-state index contributed by atoms with van der Waals surface area (Å²) < 4.78 is 1.90. The van der Waals surface area contributed by atoms with E-state index < -0.39 is 0 Å². The molecule has 0 radical (unpaired) electrons. The van der Waals surface area contributed by atoms with Crippen molar-refractivity contribution in [2.45, 2.75) is 25.8 Å². The van der Waals surface area contributed by atoms with Crippen molar-refractivity contribution in [3.63, 3.8) is 0 Å². The molecule has 4 rings (SSSR count). The number of aromatic nitrogens is 2. The molecule has 1 aliphatic rings. The number of nitrogens with one attached hydrogen (secondary N) is 1. The SMILES string of the molecule is CNCC1CCCN1C(=O)c1cc2c(C)nn(-c3ccc(Cl)cc3)c2s1.Cl. The van der Waals surface area contributed by atoms with Crippen LogP contribution < -0.4 is 5.32 Å². The van der Waals surface area contributed by atoms with Crippen LogP contribution in [0.15, 0.2) is 30.3 Å². The van der Waals surface area contributed by atoms with Crippen LogP contribution in [0, 0.1) is 6.92 Å². The number of amides is 1. The molecule has 1 N–H and O–H groups in total. The molecule has 8 heteroatoms. The highest BCUT2D eigenvalue weighted by molar-refractivity contribution is 7.20. The lowest BCUT2D eigenvalue weighted by Crippen LogP contribution is -2.40. The van der Waals surface area contributed by atoms with Crippen LogP contribution in [-0.2, 0) is 0 Å². The fourth-order valence-corrected chi connectivity index (χ4v) is 4.87. The van der Waals surface area contributed by atoms with Crippen LogP contribution in [0.4, 0.5) is 0 Å². The van der Waals surface area contributed by atoms with Gasteiger partial charge in [0, 0.05) is 29.5 Å². The Kier molecular flexibility index (Phi) is 6.11. The molecule has 0 spiro atoms. The Balaban J connectivity index is 0.00000210. The van der Waals surface area contributed by atoms with Gasteiger partial charge < -0.3 is 10.2 Å². The van der Waals surface area contributed by atoms with E-state index in [1.807, 2.05) is 53.9 Å². The maximum atomic E-state index is 13.1. The quantitative estimate of drug-likeness (QED) is 0.679. The molecule has 1 atom stereocenters. The third kappa shape index (κ3) is 3.72. The van der Waals surface area contributed by atoms with E-state index in [-0.39, 0.29) is 24.4 Å². The van der Waals surface area contributed by atoms with Gasteiger partial charge in [0.25, 0.3) is 5.91 Å². The van der Waals surface area contributed by atoms with Crippen LogP contribution in [0.5, 0.6) is 0 Å². The molecule has 0 bridgehead atoms. The Morgan fingerprint density at radius 3 is 2.81 bits per heavy atom. The number of carbonyl (C=O) groups is 1. The summed E-state index contributed by atoms with van der Waals surface area (Å²) in [4.78, 5) is 16.9. The van der Waals surface area contributed by atoms with Gasteiger partial charge in [0.1, 0.15) is 4.83 Å². The van der Waals surface area contributed by atoms with Crippen molar-refractivity contribution in [1.29, 1.82) is 0 Å². The van der Waals surface area contributed by atoms with Gasteiger partial charge in [-0.3, -0.25) is 4.79 Å². The van der Waals surface area contributed by atoms with E-state index in [1.165, 1.54) is 11.3 Å². The van der Waals surface area contributed by atoms with E-state index in [0.29, 0.717) is 5.02 Å². The second kappa shape index (κ2) is 8.19. The Bertz CT molecular complexity index is 951. The highest BCUT2D eigenvalue weighted by Gasteiger charge is 2.30. The first-order valence-electron chi connectivity index (χ1n) is 8.79. The van der Waals surface area contributed by atoms with E-state index in [1.54, 1.807) is 0 Å². The van der Waals surface area contributed by atoms with Crippen LogP contribution in [0.2, 0.25) is 5.02 Å². The number of rotatable bonds is 4. The highest BCUT2D eigenvalue weighted by atomic mass is 35.5. The van der Waals surface area contributed by atoms with E-state index in [9.17, 15) is 4.79 Å². The van der Waals surface area contributed by atoms with Crippen LogP contribution in [0.25, 0.3) is 15.9 Å². The topological polar surface area (TPSA) is 50.2 Å². The zero-order chi connectivity index (χ0) is 18.3. The molecule has 2 aromatic heterocycles.